The van der Waals surface area contributed by atoms with E-state index in [4.69, 9.17) is 0 Å². The number of hydrogen-bond donors (Lipinski definition) is 0. The zero-order valence-electron chi connectivity index (χ0n) is 9.18. The SMILES string of the molecule is CN(C)c1ccnc(-c2cccc(F)c2)n1. The molecule has 16 heavy (non-hydrogen) atoms. The van der Waals surface area contributed by atoms with E-state index in [2.05, 4.69) is 9.97 Å². The number of rotatable bonds is 2. The van der Waals surface area contributed by atoms with E-state index < -0.39 is 0 Å². The number of halogens is 1. The van der Waals surface area contributed by atoms with Gasteiger partial charge in [-0.15, -0.1) is 0 Å². The Morgan fingerprint density at radius 1 is 1.19 bits per heavy atom. The topological polar surface area (TPSA) is 29.0 Å². The summed E-state index contributed by atoms with van der Waals surface area (Å²) in [6.07, 6.45) is 1.67. The third-order valence-corrected chi connectivity index (χ3v) is 2.18. The molecule has 1 heterocycles. The molecule has 0 saturated carbocycles. The maximum Gasteiger partial charge on any atom is 0.161 e. The number of benzene rings is 1. The molecule has 1 aromatic carbocycles. The van der Waals surface area contributed by atoms with Crippen molar-refractivity contribution in [3.63, 3.8) is 0 Å². The second-order valence-electron chi connectivity index (χ2n) is 3.64. The van der Waals surface area contributed by atoms with Gasteiger partial charge in [-0.2, -0.15) is 0 Å². The van der Waals surface area contributed by atoms with Gasteiger partial charge < -0.3 is 4.90 Å². The molecule has 0 N–H and O–H groups in total. The Balaban J connectivity index is 2.44. The van der Waals surface area contributed by atoms with Crippen molar-refractivity contribution in [3.8, 4) is 11.4 Å². The molecule has 0 aliphatic carbocycles. The molecule has 0 aliphatic heterocycles. The Labute approximate surface area is 93.6 Å². The van der Waals surface area contributed by atoms with E-state index in [1.54, 1.807) is 18.3 Å². The molecule has 0 unspecified atom stereocenters. The summed E-state index contributed by atoms with van der Waals surface area (Å²) in [6.45, 7) is 0. The van der Waals surface area contributed by atoms with E-state index >= 15 is 0 Å². The minimum absolute atomic E-state index is 0.281. The lowest BCUT2D eigenvalue weighted by Gasteiger charge is -2.11. The summed E-state index contributed by atoms with van der Waals surface area (Å²) in [4.78, 5) is 10.3. The molecule has 0 radical (unpaired) electrons. The molecule has 2 aromatic rings. The first-order chi connectivity index (χ1) is 7.66. The molecule has 0 spiro atoms. The van der Waals surface area contributed by atoms with Crippen LogP contribution in [0, 0.1) is 5.82 Å². The molecule has 0 fully saturated rings. The van der Waals surface area contributed by atoms with Crippen molar-refractivity contribution in [1.82, 2.24) is 9.97 Å². The van der Waals surface area contributed by atoms with Crippen LogP contribution in [0.25, 0.3) is 11.4 Å². The zero-order valence-corrected chi connectivity index (χ0v) is 9.18. The Kier molecular flexibility index (Phi) is 2.81. The van der Waals surface area contributed by atoms with Crippen molar-refractivity contribution in [2.24, 2.45) is 0 Å². The van der Waals surface area contributed by atoms with E-state index in [0.717, 1.165) is 5.82 Å². The van der Waals surface area contributed by atoms with Gasteiger partial charge >= 0.3 is 0 Å². The van der Waals surface area contributed by atoms with Gasteiger partial charge in [-0.05, 0) is 18.2 Å². The molecule has 1 aromatic heterocycles. The second kappa shape index (κ2) is 4.26. The van der Waals surface area contributed by atoms with Crippen LogP contribution in [0.15, 0.2) is 36.5 Å². The van der Waals surface area contributed by atoms with Crippen LogP contribution >= 0.6 is 0 Å². The number of hydrogen-bond acceptors (Lipinski definition) is 3. The van der Waals surface area contributed by atoms with Gasteiger partial charge in [-0.25, -0.2) is 14.4 Å². The lowest BCUT2D eigenvalue weighted by molar-refractivity contribution is 0.628. The average molecular weight is 217 g/mol. The molecule has 0 saturated heterocycles. The maximum atomic E-state index is 13.0. The highest BCUT2D eigenvalue weighted by Gasteiger charge is 2.04. The quantitative estimate of drug-likeness (QED) is 0.773. The van der Waals surface area contributed by atoms with Crippen LogP contribution in [0.5, 0.6) is 0 Å². The monoisotopic (exact) mass is 217 g/mol. The first-order valence-electron chi connectivity index (χ1n) is 4.93. The molecule has 0 atom stereocenters. The van der Waals surface area contributed by atoms with Gasteiger partial charge in [-0.1, -0.05) is 12.1 Å². The molecule has 0 aliphatic rings. The Hall–Kier alpha value is -1.97. The highest BCUT2D eigenvalue weighted by Crippen LogP contribution is 2.17. The molecule has 0 bridgehead atoms. The highest BCUT2D eigenvalue weighted by molar-refractivity contribution is 5.56. The van der Waals surface area contributed by atoms with Gasteiger partial charge in [0.05, 0.1) is 0 Å². The normalized spacial score (nSPS) is 10.2. The highest BCUT2D eigenvalue weighted by atomic mass is 19.1. The Morgan fingerprint density at radius 3 is 2.69 bits per heavy atom. The van der Waals surface area contributed by atoms with Crippen molar-refractivity contribution in [2.75, 3.05) is 19.0 Å². The van der Waals surface area contributed by atoms with Crippen LogP contribution in [0.1, 0.15) is 0 Å². The van der Waals surface area contributed by atoms with Gasteiger partial charge in [-0.3, -0.25) is 0 Å². The first kappa shape index (κ1) is 10.5. The molecule has 4 heteroatoms. The van der Waals surface area contributed by atoms with Crippen molar-refractivity contribution in [3.05, 3.63) is 42.3 Å². The third kappa shape index (κ3) is 2.16. The summed E-state index contributed by atoms with van der Waals surface area (Å²) in [6, 6.07) is 8.07. The summed E-state index contributed by atoms with van der Waals surface area (Å²) in [5.41, 5.74) is 0.684. The number of aromatic nitrogens is 2. The standard InChI is InChI=1S/C12H12FN3/c1-16(2)11-6-7-14-12(15-11)9-4-3-5-10(13)8-9/h3-8H,1-2H3. The van der Waals surface area contributed by atoms with E-state index in [9.17, 15) is 4.39 Å². The van der Waals surface area contributed by atoms with Gasteiger partial charge in [0.15, 0.2) is 5.82 Å². The molecule has 82 valence electrons. The van der Waals surface area contributed by atoms with Crippen molar-refractivity contribution < 1.29 is 4.39 Å². The molecule has 3 nitrogen and oxygen atoms in total. The summed E-state index contributed by atoms with van der Waals surface area (Å²) < 4.78 is 13.0. The maximum absolute atomic E-state index is 13.0. The smallest absolute Gasteiger partial charge is 0.161 e. The van der Waals surface area contributed by atoms with Crippen LogP contribution in [-0.4, -0.2) is 24.1 Å². The van der Waals surface area contributed by atoms with Gasteiger partial charge in [0.25, 0.3) is 0 Å². The van der Waals surface area contributed by atoms with Gasteiger partial charge in [0, 0.05) is 25.9 Å². The lowest BCUT2D eigenvalue weighted by Crippen LogP contribution is -2.11. The zero-order chi connectivity index (χ0) is 11.5. The summed E-state index contributed by atoms with van der Waals surface area (Å²) >= 11 is 0. The summed E-state index contributed by atoms with van der Waals surface area (Å²) in [7, 11) is 3.80. The van der Waals surface area contributed by atoms with E-state index in [1.165, 1.54) is 12.1 Å². The van der Waals surface area contributed by atoms with Crippen LogP contribution in [0.2, 0.25) is 0 Å². The summed E-state index contributed by atoms with van der Waals surface area (Å²) in [5.74, 6) is 1.05. The van der Waals surface area contributed by atoms with Crippen molar-refractivity contribution in [2.45, 2.75) is 0 Å². The lowest BCUT2D eigenvalue weighted by atomic mass is 10.2. The number of anilines is 1. The van der Waals surface area contributed by atoms with Crippen LogP contribution in [-0.2, 0) is 0 Å². The van der Waals surface area contributed by atoms with Crippen molar-refractivity contribution in [1.29, 1.82) is 0 Å². The van der Waals surface area contributed by atoms with Gasteiger partial charge in [0.2, 0.25) is 0 Å². The predicted molar refractivity (Wildman–Crippen MR) is 61.8 cm³/mol. The van der Waals surface area contributed by atoms with Crippen LogP contribution < -0.4 is 4.90 Å². The predicted octanol–water partition coefficient (Wildman–Crippen LogP) is 2.35. The fraction of sp³-hybridized carbons (Fsp3) is 0.167. The minimum Gasteiger partial charge on any atom is -0.363 e. The van der Waals surface area contributed by atoms with Crippen LogP contribution in [0.4, 0.5) is 10.2 Å². The summed E-state index contributed by atoms with van der Waals surface area (Å²) in [5, 5.41) is 0. The fourth-order valence-electron chi connectivity index (χ4n) is 1.36. The molecule has 2 rings (SSSR count). The largest absolute Gasteiger partial charge is 0.363 e. The molecular formula is C12H12FN3. The van der Waals surface area contributed by atoms with E-state index in [0.29, 0.717) is 11.4 Å². The average Bonchev–Trinajstić information content (AvgIpc) is 2.29. The van der Waals surface area contributed by atoms with Crippen molar-refractivity contribution >= 4 is 5.82 Å². The van der Waals surface area contributed by atoms with E-state index in [1.807, 2.05) is 25.1 Å². The molecular weight excluding hydrogens is 205 g/mol. The molecule has 0 amide bonds. The van der Waals surface area contributed by atoms with E-state index in [-0.39, 0.29) is 5.82 Å². The second-order valence-corrected chi connectivity index (χ2v) is 3.64. The minimum atomic E-state index is -0.281. The number of nitrogens with zero attached hydrogens (tertiary/aromatic N) is 3. The van der Waals surface area contributed by atoms with Gasteiger partial charge in [0.1, 0.15) is 11.6 Å². The Bertz CT molecular complexity index is 497. The Morgan fingerprint density at radius 2 is 2.00 bits per heavy atom. The van der Waals surface area contributed by atoms with Crippen LogP contribution in [0.3, 0.4) is 0 Å². The third-order valence-electron chi connectivity index (χ3n) is 2.18. The fourth-order valence-corrected chi connectivity index (χ4v) is 1.36. The first-order valence-corrected chi connectivity index (χ1v) is 4.93.